The first-order valence-electron chi connectivity index (χ1n) is 8.88. The second kappa shape index (κ2) is 10.4. The molecule has 1 aliphatic carbocycles. The monoisotopic (exact) mass is 411 g/mol. The van der Waals surface area contributed by atoms with Crippen molar-refractivity contribution in [2.75, 3.05) is 13.2 Å². The molecule has 138 valence electrons. The van der Waals surface area contributed by atoms with E-state index in [1.807, 2.05) is 24.3 Å². The molecule has 0 radical (unpaired) electrons. The van der Waals surface area contributed by atoms with Crippen molar-refractivity contribution in [2.24, 2.45) is 5.92 Å². The molecule has 5 nitrogen and oxygen atoms in total. The molecule has 0 bridgehead atoms. The Labute approximate surface area is 157 Å². The summed E-state index contributed by atoms with van der Waals surface area (Å²) < 4.78 is 11.5. The van der Waals surface area contributed by atoms with Gasteiger partial charge in [0.1, 0.15) is 5.75 Å². The van der Waals surface area contributed by atoms with E-state index in [9.17, 15) is 9.59 Å². The lowest BCUT2D eigenvalue weighted by Gasteiger charge is -2.29. The number of benzene rings is 1. The molecule has 1 fully saturated rings. The van der Waals surface area contributed by atoms with Crippen LogP contribution >= 0.6 is 15.9 Å². The smallest absolute Gasteiger partial charge is 0.306 e. The maximum absolute atomic E-state index is 11.9. The van der Waals surface area contributed by atoms with Gasteiger partial charge in [-0.3, -0.25) is 9.59 Å². The summed E-state index contributed by atoms with van der Waals surface area (Å²) in [6.45, 7) is 2.38. The van der Waals surface area contributed by atoms with Crippen molar-refractivity contribution in [3.05, 3.63) is 28.7 Å². The van der Waals surface area contributed by atoms with Gasteiger partial charge in [0.2, 0.25) is 0 Å². The van der Waals surface area contributed by atoms with Crippen molar-refractivity contribution in [2.45, 2.75) is 51.5 Å². The molecule has 0 aromatic heterocycles. The summed E-state index contributed by atoms with van der Waals surface area (Å²) in [6, 6.07) is 7.75. The van der Waals surface area contributed by atoms with E-state index >= 15 is 0 Å². The Balaban J connectivity index is 1.56. The van der Waals surface area contributed by atoms with Gasteiger partial charge >= 0.3 is 5.97 Å². The Kier molecular flexibility index (Phi) is 8.25. The van der Waals surface area contributed by atoms with Crippen LogP contribution in [0.5, 0.6) is 5.75 Å². The van der Waals surface area contributed by atoms with Gasteiger partial charge in [0, 0.05) is 16.9 Å². The maximum atomic E-state index is 11.9. The van der Waals surface area contributed by atoms with Gasteiger partial charge < -0.3 is 14.8 Å². The molecule has 25 heavy (non-hydrogen) atoms. The largest absolute Gasteiger partial charge is 0.494 e. The van der Waals surface area contributed by atoms with Gasteiger partial charge in [-0.1, -0.05) is 41.8 Å². The molecule has 1 aromatic rings. The highest BCUT2D eigenvalue weighted by atomic mass is 79.9. The van der Waals surface area contributed by atoms with E-state index in [1.165, 1.54) is 6.42 Å². The fourth-order valence-electron chi connectivity index (χ4n) is 2.96. The van der Waals surface area contributed by atoms with Gasteiger partial charge in [-0.2, -0.15) is 0 Å². The molecule has 1 N–H and O–H groups in total. The molecule has 0 heterocycles. The summed E-state index contributed by atoms with van der Waals surface area (Å²) in [7, 11) is 0. The standard InChI is InChI=1S/C19H26BrNO4/c1-14-6-2-3-9-17(14)21-18(22)13-25-19(23)10-5-11-24-16-8-4-7-15(20)12-16/h4,7-8,12,14,17H,2-3,5-6,9-11,13H2,1H3,(H,21,22)/t14-,17+/m1/s1. The minimum atomic E-state index is -0.371. The first-order valence-corrected chi connectivity index (χ1v) is 9.67. The number of rotatable bonds is 8. The number of esters is 1. The van der Waals surface area contributed by atoms with Gasteiger partial charge in [0.05, 0.1) is 6.61 Å². The van der Waals surface area contributed by atoms with Crippen LogP contribution in [0, 0.1) is 5.92 Å². The number of nitrogens with one attached hydrogen (secondary N) is 1. The number of hydrogen-bond acceptors (Lipinski definition) is 4. The molecule has 1 saturated carbocycles. The van der Waals surface area contributed by atoms with Crippen LogP contribution in [0.1, 0.15) is 45.4 Å². The van der Waals surface area contributed by atoms with Crippen LogP contribution in [0.3, 0.4) is 0 Å². The number of hydrogen-bond donors (Lipinski definition) is 1. The van der Waals surface area contributed by atoms with E-state index in [-0.39, 0.29) is 30.9 Å². The second-order valence-corrected chi connectivity index (χ2v) is 7.42. The lowest BCUT2D eigenvalue weighted by atomic mass is 9.86. The van der Waals surface area contributed by atoms with Crippen molar-refractivity contribution >= 4 is 27.8 Å². The Bertz CT molecular complexity index is 578. The molecule has 1 amide bonds. The lowest BCUT2D eigenvalue weighted by Crippen LogP contribution is -2.42. The van der Waals surface area contributed by atoms with Crippen LogP contribution in [-0.2, 0) is 14.3 Å². The Hall–Kier alpha value is -1.56. The van der Waals surface area contributed by atoms with Gasteiger partial charge in [0.25, 0.3) is 5.91 Å². The number of ether oxygens (including phenoxy) is 2. The van der Waals surface area contributed by atoms with E-state index in [1.54, 1.807) is 0 Å². The molecule has 2 rings (SSSR count). The first kappa shape index (κ1) is 19.8. The molecular weight excluding hydrogens is 386 g/mol. The topological polar surface area (TPSA) is 64.6 Å². The Morgan fingerprint density at radius 1 is 1.28 bits per heavy atom. The van der Waals surface area contributed by atoms with Crippen LogP contribution < -0.4 is 10.1 Å². The molecular formula is C19H26BrNO4. The van der Waals surface area contributed by atoms with Gasteiger partial charge in [-0.25, -0.2) is 0 Å². The zero-order valence-corrected chi connectivity index (χ0v) is 16.2. The quantitative estimate of drug-likeness (QED) is 0.521. The van der Waals surface area contributed by atoms with E-state index in [2.05, 4.69) is 28.2 Å². The average molecular weight is 412 g/mol. The summed E-state index contributed by atoms with van der Waals surface area (Å²) in [5, 5.41) is 2.97. The van der Waals surface area contributed by atoms with Crippen molar-refractivity contribution in [1.29, 1.82) is 0 Å². The highest BCUT2D eigenvalue weighted by molar-refractivity contribution is 9.10. The minimum Gasteiger partial charge on any atom is -0.494 e. The summed E-state index contributed by atoms with van der Waals surface area (Å²) in [5.74, 6) is 0.662. The predicted molar refractivity (Wildman–Crippen MR) is 99.4 cm³/mol. The molecule has 0 unspecified atom stereocenters. The maximum Gasteiger partial charge on any atom is 0.306 e. The van der Waals surface area contributed by atoms with Gasteiger partial charge in [-0.05, 0) is 43.4 Å². The molecule has 0 spiro atoms. The van der Waals surface area contributed by atoms with Crippen molar-refractivity contribution in [3.63, 3.8) is 0 Å². The fraction of sp³-hybridized carbons (Fsp3) is 0.579. The van der Waals surface area contributed by atoms with Crippen LogP contribution in [0.2, 0.25) is 0 Å². The third-order valence-electron chi connectivity index (χ3n) is 4.41. The number of carbonyl (C=O) groups excluding carboxylic acids is 2. The highest BCUT2D eigenvalue weighted by Gasteiger charge is 2.23. The fourth-order valence-corrected chi connectivity index (χ4v) is 3.34. The molecule has 1 aromatic carbocycles. The van der Waals surface area contributed by atoms with Crippen molar-refractivity contribution in [1.82, 2.24) is 5.32 Å². The van der Waals surface area contributed by atoms with Gasteiger partial charge in [-0.15, -0.1) is 0 Å². The first-order chi connectivity index (χ1) is 12.0. The SMILES string of the molecule is C[C@@H]1CCCC[C@@H]1NC(=O)COC(=O)CCCOc1cccc(Br)c1. The number of carbonyl (C=O) groups is 2. The zero-order valence-electron chi connectivity index (χ0n) is 14.6. The van der Waals surface area contributed by atoms with E-state index < -0.39 is 0 Å². The van der Waals surface area contributed by atoms with Crippen LogP contribution in [0.15, 0.2) is 28.7 Å². The summed E-state index contributed by atoms with van der Waals surface area (Å²) in [6.07, 6.45) is 5.31. The number of halogens is 1. The molecule has 1 aliphatic rings. The normalized spacial score (nSPS) is 19.9. The van der Waals surface area contributed by atoms with Crippen molar-refractivity contribution in [3.8, 4) is 5.75 Å². The van der Waals surface area contributed by atoms with Crippen LogP contribution in [-0.4, -0.2) is 31.1 Å². The third-order valence-corrected chi connectivity index (χ3v) is 4.91. The van der Waals surface area contributed by atoms with E-state index in [4.69, 9.17) is 9.47 Å². The Morgan fingerprint density at radius 3 is 2.84 bits per heavy atom. The van der Waals surface area contributed by atoms with E-state index in [0.717, 1.165) is 29.5 Å². The summed E-state index contributed by atoms with van der Waals surface area (Å²) >= 11 is 3.38. The van der Waals surface area contributed by atoms with Gasteiger partial charge in [0.15, 0.2) is 6.61 Å². The molecule has 0 aliphatic heterocycles. The van der Waals surface area contributed by atoms with Crippen LogP contribution in [0.25, 0.3) is 0 Å². The third kappa shape index (κ3) is 7.46. The van der Waals surface area contributed by atoms with Crippen LogP contribution in [0.4, 0.5) is 0 Å². The molecule has 0 saturated heterocycles. The molecule has 6 heteroatoms. The minimum absolute atomic E-state index is 0.200. The average Bonchev–Trinajstić information content (AvgIpc) is 2.59. The Morgan fingerprint density at radius 2 is 2.08 bits per heavy atom. The van der Waals surface area contributed by atoms with E-state index in [0.29, 0.717) is 18.9 Å². The summed E-state index contributed by atoms with van der Waals surface area (Å²) in [5.41, 5.74) is 0. The zero-order chi connectivity index (χ0) is 18.1. The summed E-state index contributed by atoms with van der Waals surface area (Å²) in [4.78, 5) is 23.6. The lowest BCUT2D eigenvalue weighted by molar-refractivity contribution is -0.149. The second-order valence-electron chi connectivity index (χ2n) is 6.51. The highest BCUT2D eigenvalue weighted by Crippen LogP contribution is 2.23. The molecule has 2 atom stereocenters. The predicted octanol–water partition coefficient (Wildman–Crippen LogP) is 3.85. The van der Waals surface area contributed by atoms with Crippen molar-refractivity contribution < 1.29 is 19.1 Å². The number of amides is 1.